The second kappa shape index (κ2) is 19.9. The SMILES string of the molecule is [C-]#[N+]c1cc(F)c(-c2nc3c4c(nc(-c5c(F)cc(C#N)cc5F)n4-c4ccc(OC(=O)C=C)cc4)c4c(nc(-c5c(F)cc(C#N)cc5F)n4-c4ccc(OC(=O)C=C)cc4)c3n2-c2ccc(OC(=C)C=C)cc2)c(F)c1. The molecule has 20 heteroatoms. The topological polar surface area (TPSA) is 167 Å². The molecule has 0 saturated heterocycles. The molecule has 0 amide bonds. The van der Waals surface area contributed by atoms with E-state index in [4.69, 9.17) is 35.7 Å². The smallest absolute Gasteiger partial charge is 0.335 e. The number of carbonyl (C=O) groups excluding carboxylic acids is 2. The van der Waals surface area contributed by atoms with Crippen LogP contribution >= 0.6 is 0 Å². The van der Waals surface area contributed by atoms with Crippen LogP contribution in [0.5, 0.6) is 17.2 Å². The fourth-order valence-corrected chi connectivity index (χ4v) is 8.71. The highest BCUT2D eigenvalue weighted by atomic mass is 19.2. The lowest BCUT2D eigenvalue weighted by Crippen LogP contribution is -2.05. The van der Waals surface area contributed by atoms with E-state index >= 15 is 26.3 Å². The highest BCUT2D eigenvalue weighted by Gasteiger charge is 2.34. The summed E-state index contributed by atoms with van der Waals surface area (Å²) in [5.74, 6) is -10.6. The number of ether oxygens (including phenoxy) is 3. The van der Waals surface area contributed by atoms with Crippen molar-refractivity contribution in [1.82, 2.24) is 28.7 Å². The quantitative estimate of drug-likeness (QED) is 0.0206. The summed E-state index contributed by atoms with van der Waals surface area (Å²) in [6, 6.07) is 24.6. The van der Waals surface area contributed by atoms with Crippen LogP contribution in [0.3, 0.4) is 0 Å². The van der Waals surface area contributed by atoms with Crippen molar-refractivity contribution in [2.45, 2.75) is 0 Å². The molecule has 0 N–H and O–H groups in total. The molecule has 0 unspecified atom stereocenters. The lowest BCUT2D eigenvalue weighted by Gasteiger charge is -2.14. The first-order valence-corrected chi connectivity index (χ1v) is 22.6. The van der Waals surface area contributed by atoms with E-state index in [1.54, 1.807) is 12.1 Å². The fourth-order valence-electron chi connectivity index (χ4n) is 8.71. The van der Waals surface area contributed by atoms with Gasteiger partial charge in [0.15, 0.2) is 23.2 Å². The second-order valence-corrected chi connectivity index (χ2v) is 16.7. The fraction of sp³-hybridized carbons (Fsp3) is 0. The van der Waals surface area contributed by atoms with Crippen molar-refractivity contribution in [3.05, 3.63) is 217 Å². The molecular weight excluding hydrogens is 1020 g/mol. The van der Waals surface area contributed by atoms with Crippen molar-refractivity contribution in [2.24, 2.45) is 0 Å². The van der Waals surface area contributed by atoms with Gasteiger partial charge >= 0.3 is 11.9 Å². The average molecular weight is 1050 g/mol. The van der Waals surface area contributed by atoms with Crippen molar-refractivity contribution >= 4 is 50.7 Å². The number of imidazole rings is 3. The number of aromatic nitrogens is 6. The van der Waals surface area contributed by atoms with E-state index in [2.05, 4.69) is 31.2 Å². The average Bonchev–Trinajstić information content (AvgIpc) is 3.22. The van der Waals surface area contributed by atoms with Gasteiger partial charge in [-0.15, -0.1) is 0 Å². The summed E-state index contributed by atoms with van der Waals surface area (Å²) in [5, 5.41) is 19.4. The van der Waals surface area contributed by atoms with E-state index in [-0.39, 0.29) is 73.2 Å². The first-order chi connectivity index (χ1) is 37.6. The molecule has 14 nitrogen and oxygen atoms in total. The molecule has 10 aromatic rings. The van der Waals surface area contributed by atoms with Gasteiger partial charge in [0.2, 0.25) is 0 Å². The third-order valence-electron chi connectivity index (χ3n) is 12.0. The number of hydrogen-bond donors (Lipinski definition) is 0. The summed E-state index contributed by atoms with van der Waals surface area (Å²) in [7, 11) is 0. The van der Waals surface area contributed by atoms with E-state index < -0.39 is 97.8 Å². The van der Waals surface area contributed by atoms with Crippen LogP contribution in [-0.2, 0) is 9.59 Å². The van der Waals surface area contributed by atoms with Crippen LogP contribution in [0.1, 0.15) is 11.1 Å². The van der Waals surface area contributed by atoms with Crippen LogP contribution in [0.25, 0.3) is 89.2 Å². The lowest BCUT2D eigenvalue weighted by molar-refractivity contribution is -0.129. The summed E-state index contributed by atoms with van der Waals surface area (Å²) < 4.78 is 121. The Bertz CT molecular complexity index is 3860. The van der Waals surface area contributed by atoms with Gasteiger partial charge in [-0.05, 0) is 115 Å². The number of esters is 2. The van der Waals surface area contributed by atoms with Crippen molar-refractivity contribution in [1.29, 1.82) is 10.5 Å². The van der Waals surface area contributed by atoms with Gasteiger partial charge in [-0.2, -0.15) is 10.5 Å². The van der Waals surface area contributed by atoms with Crippen molar-refractivity contribution in [2.75, 3.05) is 0 Å². The molecule has 0 bridgehead atoms. The maximum Gasteiger partial charge on any atom is 0.335 e. The maximum absolute atomic E-state index is 16.7. The molecule has 0 atom stereocenters. The van der Waals surface area contributed by atoms with Gasteiger partial charge in [0.25, 0.3) is 0 Å². The minimum absolute atomic E-state index is 0.0150. The predicted molar refractivity (Wildman–Crippen MR) is 274 cm³/mol. The number of allylic oxidation sites excluding steroid dienone is 1. The van der Waals surface area contributed by atoms with Crippen molar-refractivity contribution < 1.29 is 50.1 Å². The Labute approximate surface area is 436 Å². The standard InChI is InChI=1S/C58H29F6N9O5/c1-6-29(4)76-36-15-9-33(10-16-36)73-55-51-53(71(34-11-17-37(18-12-34)77-45(74)7-2)57(69-51)48-41(61)23-31(28-66)24-42(48)62)50-54(52(55)70-58(73)49-43(63)25-32(67-5)26-44(49)64)72(35-13-19-38(20-14-35)78-46(75)8-3)56(68-50)47-39(59)21-30(27-65)22-40(47)60/h6-26H,1-4H2. The minimum Gasteiger partial charge on any atom is -0.458 e. The Balaban J connectivity index is 1.49. The molecule has 0 aliphatic carbocycles. The Hall–Kier alpha value is -11.3. The number of rotatable bonds is 13. The molecule has 0 aliphatic rings. The van der Waals surface area contributed by atoms with E-state index in [1.807, 2.05) is 0 Å². The van der Waals surface area contributed by atoms with Crippen LogP contribution in [0.15, 0.2) is 159 Å². The molecule has 3 heterocycles. The van der Waals surface area contributed by atoms with Gasteiger partial charge in [0.05, 0.1) is 46.5 Å². The number of fused-ring (bicyclic) bond motifs is 6. The van der Waals surface area contributed by atoms with Gasteiger partial charge in [0, 0.05) is 29.2 Å². The largest absolute Gasteiger partial charge is 0.458 e. The summed E-state index contributed by atoms with van der Waals surface area (Å²) in [6.45, 7) is 21.8. The first kappa shape index (κ1) is 50.2. The van der Waals surface area contributed by atoms with Crippen LogP contribution in [0, 0.1) is 64.1 Å². The molecule has 78 heavy (non-hydrogen) atoms. The van der Waals surface area contributed by atoms with E-state index in [0.29, 0.717) is 0 Å². The molecule has 0 saturated carbocycles. The molecule has 0 aliphatic heterocycles. The minimum atomic E-state index is -1.29. The monoisotopic (exact) mass is 1050 g/mol. The number of halogens is 6. The highest BCUT2D eigenvalue weighted by molar-refractivity contribution is 6.22. The Kier molecular flexibility index (Phi) is 12.8. The molecule has 10 rings (SSSR count). The first-order valence-electron chi connectivity index (χ1n) is 22.6. The third kappa shape index (κ3) is 8.60. The highest BCUT2D eigenvalue weighted by Crippen LogP contribution is 2.46. The summed E-state index contributed by atoms with van der Waals surface area (Å²) in [4.78, 5) is 42.5. The van der Waals surface area contributed by atoms with Gasteiger partial charge in [-0.25, -0.2) is 55.7 Å². The van der Waals surface area contributed by atoms with Crippen molar-refractivity contribution in [3.8, 4) is 80.6 Å². The number of carbonyl (C=O) groups is 2. The van der Waals surface area contributed by atoms with E-state index in [1.165, 1.54) is 92.6 Å². The molecule has 3 aromatic heterocycles. The van der Waals surface area contributed by atoms with Crippen LogP contribution in [0.4, 0.5) is 32.0 Å². The van der Waals surface area contributed by atoms with Crippen molar-refractivity contribution in [3.63, 3.8) is 0 Å². The predicted octanol–water partition coefficient (Wildman–Crippen LogP) is 13.1. The summed E-state index contributed by atoms with van der Waals surface area (Å²) in [6.07, 6.45) is 3.17. The van der Waals surface area contributed by atoms with Crippen LogP contribution in [-0.4, -0.2) is 40.6 Å². The zero-order valence-corrected chi connectivity index (χ0v) is 39.8. The molecule has 0 spiro atoms. The molecule has 7 aromatic carbocycles. The van der Waals surface area contributed by atoms with Crippen LogP contribution < -0.4 is 14.2 Å². The maximum atomic E-state index is 16.7. The zero-order valence-electron chi connectivity index (χ0n) is 39.8. The molecule has 0 radical (unpaired) electrons. The summed E-state index contributed by atoms with van der Waals surface area (Å²) >= 11 is 0. The normalized spacial score (nSPS) is 11.0. The van der Waals surface area contributed by atoms with Gasteiger partial charge in [-0.3, -0.25) is 13.7 Å². The van der Waals surface area contributed by atoms with Gasteiger partial charge in [0.1, 0.15) is 91.0 Å². The molecule has 0 fully saturated rings. The Morgan fingerprint density at radius 3 is 1.06 bits per heavy atom. The Morgan fingerprint density at radius 1 is 0.500 bits per heavy atom. The number of hydrogen-bond acceptors (Lipinski definition) is 10. The number of nitrogens with zero attached hydrogens (tertiary/aromatic N) is 9. The molecular formula is C58H29F6N9O5. The Morgan fingerprint density at radius 2 is 0.795 bits per heavy atom. The van der Waals surface area contributed by atoms with E-state index in [0.717, 1.165) is 48.6 Å². The molecule has 378 valence electrons. The second-order valence-electron chi connectivity index (χ2n) is 16.7. The van der Waals surface area contributed by atoms with Gasteiger partial charge in [-0.1, -0.05) is 26.3 Å². The van der Waals surface area contributed by atoms with Gasteiger partial charge < -0.3 is 14.2 Å². The lowest BCUT2D eigenvalue weighted by atomic mass is 10.1. The zero-order chi connectivity index (χ0) is 55.3. The van der Waals surface area contributed by atoms with E-state index in [9.17, 15) is 20.1 Å². The summed E-state index contributed by atoms with van der Waals surface area (Å²) in [5.41, 5.74) is -4.91. The third-order valence-corrected chi connectivity index (χ3v) is 12.0. The number of benzene rings is 7. The van der Waals surface area contributed by atoms with Crippen LogP contribution in [0.2, 0.25) is 0 Å². The number of nitriles is 2.